The fourth-order valence-electron chi connectivity index (χ4n) is 4.23. The van der Waals surface area contributed by atoms with Crippen molar-refractivity contribution < 1.29 is 23.5 Å². The number of ketones is 1. The molecule has 26 heavy (non-hydrogen) atoms. The lowest BCUT2D eigenvalue weighted by Crippen LogP contribution is -2.42. The Kier molecular flexibility index (Phi) is 4.21. The number of rotatable bonds is 3. The Morgan fingerprint density at radius 3 is 2.65 bits per heavy atom. The van der Waals surface area contributed by atoms with Gasteiger partial charge in [-0.3, -0.25) is 9.59 Å². The molecule has 0 bridgehead atoms. The first-order valence-corrected chi connectivity index (χ1v) is 9.10. The zero-order valence-electron chi connectivity index (χ0n) is 14.9. The number of alkyl halides is 1. The van der Waals surface area contributed by atoms with E-state index in [2.05, 4.69) is 0 Å². The van der Waals surface area contributed by atoms with E-state index in [4.69, 9.17) is 9.47 Å². The molecule has 3 aliphatic rings. The molecule has 1 aromatic rings. The Hall–Kier alpha value is -2.37. The predicted octanol–water partition coefficient (Wildman–Crippen LogP) is 2.96. The van der Waals surface area contributed by atoms with E-state index in [1.807, 2.05) is 31.2 Å². The standard InChI is InChI=1S/C20H22FNO4/c1-3-25-13-7-4-11(5-8-13)17-16-18(23)14-10-12(21)6-9-15(14)26-19(16)20(24)22(17)2/h4-5,7-8,12,14-15,17H,3,6,9-10H2,1-2H3. The van der Waals surface area contributed by atoms with Gasteiger partial charge in [0.15, 0.2) is 11.5 Å². The van der Waals surface area contributed by atoms with Crippen LogP contribution in [0, 0.1) is 5.92 Å². The van der Waals surface area contributed by atoms with Crippen LogP contribution in [0.25, 0.3) is 0 Å². The summed E-state index contributed by atoms with van der Waals surface area (Å²) in [4.78, 5) is 27.3. The van der Waals surface area contributed by atoms with Crippen LogP contribution in [0.15, 0.2) is 35.6 Å². The normalized spacial score (nSPS) is 30.8. The molecule has 4 unspecified atom stereocenters. The number of Topliss-reactive ketones (excluding diaryl/α,β-unsaturated/α-hetero) is 1. The fraction of sp³-hybridized carbons (Fsp3) is 0.500. The maximum atomic E-state index is 13.8. The number of nitrogens with zero attached hydrogens (tertiary/aromatic N) is 1. The molecule has 1 amide bonds. The van der Waals surface area contributed by atoms with Crippen LogP contribution >= 0.6 is 0 Å². The molecule has 0 spiro atoms. The van der Waals surface area contributed by atoms with Gasteiger partial charge in [-0.2, -0.15) is 0 Å². The molecule has 5 nitrogen and oxygen atoms in total. The molecule has 1 aromatic carbocycles. The monoisotopic (exact) mass is 359 g/mol. The van der Waals surface area contributed by atoms with Gasteiger partial charge in [-0.1, -0.05) is 12.1 Å². The number of likely N-dealkylation sites (N-methyl/N-ethyl adjacent to an activating group) is 1. The molecular formula is C20H22FNO4. The summed E-state index contributed by atoms with van der Waals surface area (Å²) in [7, 11) is 1.67. The number of hydrogen-bond acceptors (Lipinski definition) is 4. The molecule has 1 aliphatic carbocycles. The molecule has 4 rings (SSSR count). The molecule has 0 saturated heterocycles. The van der Waals surface area contributed by atoms with Gasteiger partial charge in [-0.15, -0.1) is 0 Å². The summed E-state index contributed by atoms with van der Waals surface area (Å²) in [5.74, 6) is -0.0450. The second-order valence-corrected chi connectivity index (χ2v) is 7.10. The number of hydrogen-bond donors (Lipinski definition) is 0. The number of halogens is 1. The van der Waals surface area contributed by atoms with E-state index in [1.165, 1.54) is 4.90 Å². The van der Waals surface area contributed by atoms with Crippen LogP contribution in [0.3, 0.4) is 0 Å². The smallest absolute Gasteiger partial charge is 0.289 e. The van der Waals surface area contributed by atoms with Gasteiger partial charge >= 0.3 is 0 Å². The Labute approximate surface area is 151 Å². The highest BCUT2D eigenvalue weighted by molar-refractivity contribution is 6.11. The maximum absolute atomic E-state index is 13.8. The molecule has 2 aliphatic heterocycles. The first-order chi connectivity index (χ1) is 12.5. The molecule has 0 radical (unpaired) electrons. The third kappa shape index (κ3) is 2.59. The molecular weight excluding hydrogens is 337 g/mol. The number of fused-ring (bicyclic) bond motifs is 1. The van der Waals surface area contributed by atoms with Crippen molar-refractivity contribution in [3.63, 3.8) is 0 Å². The van der Waals surface area contributed by atoms with Crippen LogP contribution < -0.4 is 4.74 Å². The van der Waals surface area contributed by atoms with Crippen molar-refractivity contribution in [1.82, 2.24) is 4.90 Å². The molecule has 0 N–H and O–H groups in total. The molecule has 0 aromatic heterocycles. The fourth-order valence-corrected chi connectivity index (χ4v) is 4.23. The van der Waals surface area contributed by atoms with E-state index in [1.54, 1.807) is 7.05 Å². The van der Waals surface area contributed by atoms with Crippen LogP contribution in [-0.4, -0.2) is 42.5 Å². The van der Waals surface area contributed by atoms with Gasteiger partial charge in [0.2, 0.25) is 0 Å². The number of benzene rings is 1. The second kappa shape index (κ2) is 6.41. The summed E-state index contributed by atoms with van der Waals surface area (Å²) in [5.41, 5.74) is 1.19. The summed E-state index contributed by atoms with van der Waals surface area (Å²) in [6, 6.07) is 6.86. The Balaban J connectivity index is 1.70. The van der Waals surface area contributed by atoms with Crippen molar-refractivity contribution in [2.45, 2.75) is 44.5 Å². The van der Waals surface area contributed by atoms with E-state index < -0.39 is 18.1 Å². The summed E-state index contributed by atoms with van der Waals surface area (Å²) < 4.78 is 25.2. The van der Waals surface area contributed by atoms with Crippen LogP contribution in [0.2, 0.25) is 0 Å². The van der Waals surface area contributed by atoms with Crippen molar-refractivity contribution in [1.29, 1.82) is 0 Å². The van der Waals surface area contributed by atoms with Gasteiger partial charge in [0.05, 0.1) is 24.1 Å². The molecule has 1 saturated carbocycles. The largest absolute Gasteiger partial charge is 0.494 e. The minimum atomic E-state index is -0.982. The highest BCUT2D eigenvalue weighted by Gasteiger charge is 2.51. The molecule has 138 valence electrons. The summed E-state index contributed by atoms with van der Waals surface area (Å²) in [6.45, 7) is 2.47. The number of amides is 1. The lowest BCUT2D eigenvalue weighted by atomic mass is 9.77. The minimum Gasteiger partial charge on any atom is -0.494 e. The molecule has 4 atom stereocenters. The van der Waals surface area contributed by atoms with E-state index >= 15 is 0 Å². The zero-order chi connectivity index (χ0) is 18.4. The maximum Gasteiger partial charge on any atom is 0.289 e. The number of ether oxygens (including phenoxy) is 2. The highest BCUT2D eigenvalue weighted by Crippen LogP contribution is 2.46. The number of carbonyl (C=O) groups excluding carboxylic acids is 2. The summed E-state index contributed by atoms with van der Waals surface area (Å²) in [5, 5.41) is 0. The molecule has 1 fully saturated rings. The zero-order valence-corrected chi connectivity index (χ0v) is 14.9. The molecule has 2 heterocycles. The third-order valence-electron chi connectivity index (χ3n) is 5.52. The Morgan fingerprint density at radius 2 is 1.96 bits per heavy atom. The predicted molar refractivity (Wildman–Crippen MR) is 92.3 cm³/mol. The Bertz CT molecular complexity index is 773. The van der Waals surface area contributed by atoms with E-state index in [9.17, 15) is 14.0 Å². The van der Waals surface area contributed by atoms with Gasteiger partial charge in [0, 0.05) is 7.05 Å². The van der Waals surface area contributed by atoms with Gasteiger partial charge in [0.25, 0.3) is 5.91 Å². The van der Waals surface area contributed by atoms with Crippen molar-refractivity contribution in [2.24, 2.45) is 5.92 Å². The number of carbonyl (C=O) groups is 2. The topological polar surface area (TPSA) is 55.8 Å². The molecule has 6 heteroatoms. The first-order valence-electron chi connectivity index (χ1n) is 9.10. The summed E-state index contributed by atoms with van der Waals surface area (Å²) >= 11 is 0. The second-order valence-electron chi connectivity index (χ2n) is 7.10. The van der Waals surface area contributed by atoms with E-state index in [0.717, 1.165) is 11.3 Å². The van der Waals surface area contributed by atoms with Crippen molar-refractivity contribution in [2.75, 3.05) is 13.7 Å². The van der Waals surface area contributed by atoms with E-state index in [0.29, 0.717) is 25.0 Å². The van der Waals surface area contributed by atoms with Gasteiger partial charge in [-0.05, 0) is 43.9 Å². The first kappa shape index (κ1) is 17.1. The quantitative estimate of drug-likeness (QED) is 0.833. The van der Waals surface area contributed by atoms with Gasteiger partial charge in [0.1, 0.15) is 18.0 Å². The van der Waals surface area contributed by atoms with Crippen LogP contribution in [0.5, 0.6) is 5.75 Å². The highest BCUT2D eigenvalue weighted by atomic mass is 19.1. The van der Waals surface area contributed by atoms with Crippen molar-refractivity contribution >= 4 is 11.7 Å². The van der Waals surface area contributed by atoms with Crippen molar-refractivity contribution in [3.8, 4) is 5.75 Å². The minimum absolute atomic E-state index is 0.143. The lowest BCUT2D eigenvalue weighted by Gasteiger charge is -2.36. The van der Waals surface area contributed by atoms with Crippen molar-refractivity contribution in [3.05, 3.63) is 41.2 Å². The third-order valence-corrected chi connectivity index (χ3v) is 5.52. The summed E-state index contributed by atoms with van der Waals surface area (Å²) in [6.07, 6.45) is -0.342. The average molecular weight is 359 g/mol. The average Bonchev–Trinajstić information content (AvgIpc) is 2.89. The Morgan fingerprint density at radius 1 is 1.23 bits per heavy atom. The van der Waals surface area contributed by atoms with Gasteiger partial charge in [-0.25, -0.2) is 4.39 Å². The SMILES string of the molecule is CCOc1ccc(C2C3=C(OC4CCC(F)CC4C3=O)C(=O)N2C)cc1. The van der Waals surface area contributed by atoms with Crippen LogP contribution in [0.4, 0.5) is 4.39 Å². The van der Waals surface area contributed by atoms with Gasteiger partial charge < -0.3 is 14.4 Å². The lowest BCUT2D eigenvalue weighted by molar-refractivity contribution is -0.135. The van der Waals surface area contributed by atoms with Crippen LogP contribution in [-0.2, 0) is 14.3 Å². The van der Waals surface area contributed by atoms with E-state index in [-0.39, 0.29) is 30.0 Å². The van der Waals surface area contributed by atoms with Crippen LogP contribution in [0.1, 0.15) is 37.8 Å².